The van der Waals surface area contributed by atoms with Gasteiger partial charge in [-0.15, -0.1) is 0 Å². The van der Waals surface area contributed by atoms with E-state index in [1.165, 1.54) is 12.1 Å². The molecule has 2 N–H and O–H groups in total. The predicted molar refractivity (Wildman–Crippen MR) is 83.7 cm³/mol. The van der Waals surface area contributed by atoms with E-state index in [4.69, 9.17) is 4.74 Å². The van der Waals surface area contributed by atoms with Gasteiger partial charge in [-0.1, -0.05) is 12.1 Å². The summed E-state index contributed by atoms with van der Waals surface area (Å²) >= 11 is 0. The van der Waals surface area contributed by atoms with Gasteiger partial charge in [0, 0.05) is 18.7 Å². The zero-order chi connectivity index (χ0) is 17.0. The number of non-ortho nitro benzene ring substituents is 1. The van der Waals surface area contributed by atoms with Crippen LogP contribution >= 0.6 is 0 Å². The Balaban J connectivity index is 2.86. The fourth-order valence-electron chi connectivity index (χ4n) is 1.86. The molecule has 0 saturated heterocycles. The molecule has 1 aromatic rings. The van der Waals surface area contributed by atoms with Gasteiger partial charge in [-0.2, -0.15) is 0 Å². The molecule has 0 spiro atoms. The number of rotatable bonds is 5. The summed E-state index contributed by atoms with van der Waals surface area (Å²) in [6, 6.07) is 6.32. The summed E-state index contributed by atoms with van der Waals surface area (Å²) in [6.45, 7) is 7.43. The summed E-state index contributed by atoms with van der Waals surface area (Å²) < 4.78 is 5.19. The molecule has 0 bridgehead atoms. The van der Waals surface area contributed by atoms with Crippen LogP contribution in [0.5, 0.6) is 0 Å². The van der Waals surface area contributed by atoms with E-state index in [0.717, 1.165) is 0 Å². The molecule has 0 saturated carbocycles. The van der Waals surface area contributed by atoms with E-state index < -0.39 is 22.2 Å². The molecule has 0 heterocycles. The molecule has 1 rings (SSSR count). The topological polar surface area (TPSA) is 93.5 Å². The zero-order valence-electron chi connectivity index (χ0n) is 13.6. The van der Waals surface area contributed by atoms with Crippen molar-refractivity contribution in [3.8, 4) is 0 Å². The maximum absolute atomic E-state index is 11.8. The number of hydrogen-bond donors (Lipinski definition) is 2. The number of nitro groups is 1. The fourth-order valence-corrected chi connectivity index (χ4v) is 1.86. The molecule has 22 heavy (non-hydrogen) atoms. The van der Waals surface area contributed by atoms with Gasteiger partial charge in [0.15, 0.2) is 0 Å². The Bertz CT molecular complexity index is 554. The van der Waals surface area contributed by atoms with E-state index in [2.05, 4.69) is 10.6 Å². The van der Waals surface area contributed by atoms with Crippen LogP contribution in [0.3, 0.4) is 0 Å². The minimum atomic E-state index is -0.650. The van der Waals surface area contributed by atoms with Gasteiger partial charge in [0.2, 0.25) is 0 Å². The van der Waals surface area contributed by atoms with Crippen LogP contribution in [0, 0.1) is 10.1 Å². The van der Waals surface area contributed by atoms with Crippen LogP contribution in [-0.2, 0) is 10.3 Å². The summed E-state index contributed by atoms with van der Waals surface area (Å²) in [6.07, 6.45) is -0.528. The van der Waals surface area contributed by atoms with E-state index in [1.807, 2.05) is 6.92 Å². The minimum Gasteiger partial charge on any atom is -0.444 e. The number of carbonyl (C=O) groups is 1. The largest absolute Gasteiger partial charge is 0.444 e. The van der Waals surface area contributed by atoms with E-state index in [-0.39, 0.29) is 12.2 Å². The second-order valence-electron chi connectivity index (χ2n) is 6.24. The number of benzene rings is 1. The molecular weight excluding hydrogens is 286 g/mol. The average Bonchev–Trinajstić information content (AvgIpc) is 2.43. The first-order chi connectivity index (χ1) is 10.1. The van der Waals surface area contributed by atoms with Gasteiger partial charge < -0.3 is 15.4 Å². The molecule has 1 atom stereocenters. The Morgan fingerprint density at radius 3 is 2.45 bits per heavy atom. The van der Waals surface area contributed by atoms with Crippen LogP contribution in [0.15, 0.2) is 24.3 Å². The van der Waals surface area contributed by atoms with Gasteiger partial charge in [-0.3, -0.25) is 10.1 Å². The summed E-state index contributed by atoms with van der Waals surface area (Å²) in [5.74, 6) is 0. The molecular formula is C15H23N3O4. The monoisotopic (exact) mass is 309 g/mol. The van der Waals surface area contributed by atoms with Crippen LogP contribution in [-0.4, -0.2) is 30.2 Å². The third kappa shape index (κ3) is 5.00. The SMILES string of the molecule is CNC(C)(CNC(=O)OC(C)(C)C)c1cccc([N+](=O)[O-])c1. The van der Waals surface area contributed by atoms with Crippen molar-refractivity contribution in [2.75, 3.05) is 13.6 Å². The van der Waals surface area contributed by atoms with Crippen LogP contribution in [0.1, 0.15) is 33.3 Å². The summed E-state index contributed by atoms with van der Waals surface area (Å²) in [5.41, 5.74) is -0.509. The van der Waals surface area contributed by atoms with Crippen molar-refractivity contribution in [2.45, 2.75) is 38.8 Å². The third-order valence-corrected chi connectivity index (χ3v) is 3.23. The van der Waals surface area contributed by atoms with E-state index in [9.17, 15) is 14.9 Å². The fraction of sp³-hybridized carbons (Fsp3) is 0.533. The van der Waals surface area contributed by atoms with E-state index in [1.54, 1.807) is 40.0 Å². The average molecular weight is 309 g/mol. The number of ether oxygens (including phenoxy) is 1. The molecule has 0 aromatic heterocycles. The Morgan fingerprint density at radius 1 is 1.32 bits per heavy atom. The predicted octanol–water partition coefficient (Wildman–Crippen LogP) is 2.55. The van der Waals surface area contributed by atoms with Gasteiger partial charge >= 0.3 is 6.09 Å². The third-order valence-electron chi connectivity index (χ3n) is 3.23. The standard InChI is InChI=1S/C15H23N3O4/c1-14(2,3)22-13(19)17-10-15(4,16-5)11-7-6-8-12(9-11)18(20)21/h6-9,16H,10H2,1-5H3,(H,17,19). The molecule has 1 amide bonds. The highest BCUT2D eigenvalue weighted by molar-refractivity contribution is 5.67. The highest BCUT2D eigenvalue weighted by Crippen LogP contribution is 2.24. The maximum Gasteiger partial charge on any atom is 0.407 e. The number of hydrogen-bond acceptors (Lipinski definition) is 5. The normalized spacial score (nSPS) is 14.0. The summed E-state index contributed by atoms with van der Waals surface area (Å²) in [5, 5.41) is 16.7. The van der Waals surface area contributed by atoms with Crippen LogP contribution < -0.4 is 10.6 Å². The van der Waals surface area contributed by atoms with Gasteiger partial charge in [0.25, 0.3) is 5.69 Å². The first kappa shape index (κ1) is 17.9. The molecule has 1 unspecified atom stereocenters. The number of amides is 1. The van der Waals surface area contributed by atoms with Crippen molar-refractivity contribution in [3.63, 3.8) is 0 Å². The van der Waals surface area contributed by atoms with Gasteiger partial charge in [-0.05, 0) is 40.3 Å². The lowest BCUT2D eigenvalue weighted by molar-refractivity contribution is -0.385. The summed E-state index contributed by atoms with van der Waals surface area (Å²) in [4.78, 5) is 22.2. The highest BCUT2D eigenvalue weighted by Gasteiger charge is 2.28. The molecule has 0 aliphatic carbocycles. The van der Waals surface area contributed by atoms with Crippen molar-refractivity contribution < 1.29 is 14.5 Å². The van der Waals surface area contributed by atoms with Gasteiger partial charge in [0.05, 0.1) is 10.5 Å². The molecule has 0 fully saturated rings. The van der Waals surface area contributed by atoms with Crippen molar-refractivity contribution in [2.24, 2.45) is 0 Å². The first-order valence-corrected chi connectivity index (χ1v) is 6.98. The van der Waals surface area contributed by atoms with Crippen LogP contribution in [0.2, 0.25) is 0 Å². The molecule has 1 aromatic carbocycles. The minimum absolute atomic E-state index is 0.0104. The molecule has 0 aliphatic heterocycles. The summed E-state index contributed by atoms with van der Waals surface area (Å²) in [7, 11) is 1.73. The van der Waals surface area contributed by atoms with Gasteiger partial charge in [-0.25, -0.2) is 4.79 Å². The second kappa shape index (κ2) is 6.74. The zero-order valence-corrected chi connectivity index (χ0v) is 13.6. The van der Waals surface area contributed by atoms with Crippen molar-refractivity contribution in [1.82, 2.24) is 10.6 Å². The Kier molecular flexibility index (Phi) is 5.48. The van der Waals surface area contributed by atoms with Crippen molar-refractivity contribution in [3.05, 3.63) is 39.9 Å². The molecule has 122 valence electrons. The Morgan fingerprint density at radius 2 is 1.95 bits per heavy atom. The van der Waals surface area contributed by atoms with E-state index in [0.29, 0.717) is 5.56 Å². The maximum atomic E-state index is 11.8. The Hall–Kier alpha value is -2.15. The first-order valence-electron chi connectivity index (χ1n) is 6.98. The van der Waals surface area contributed by atoms with E-state index >= 15 is 0 Å². The smallest absolute Gasteiger partial charge is 0.407 e. The molecule has 7 nitrogen and oxygen atoms in total. The Labute approximate surface area is 130 Å². The number of carbonyl (C=O) groups excluding carboxylic acids is 1. The van der Waals surface area contributed by atoms with Crippen LogP contribution in [0.25, 0.3) is 0 Å². The quantitative estimate of drug-likeness (QED) is 0.644. The number of nitrogens with one attached hydrogen (secondary N) is 2. The number of alkyl carbamates (subject to hydrolysis) is 1. The lowest BCUT2D eigenvalue weighted by Crippen LogP contribution is -2.48. The lowest BCUT2D eigenvalue weighted by Gasteiger charge is -2.30. The molecule has 7 heteroatoms. The lowest BCUT2D eigenvalue weighted by atomic mass is 9.91. The number of nitro benzene ring substituents is 1. The molecule has 0 radical (unpaired) electrons. The number of nitrogens with zero attached hydrogens (tertiary/aromatic N) is 1. The van der Waals surface area contributed by atoms with Crippen molar-refractivity contribution >= 4 is 11.8 Å². The van der Waals surface area contributed by atoms with Crippen molar-refractivity contribution in [1.29, 1.82) is 0 Å². The van der Waals surface area contributed by atoms with Gasteiger partial charge in [0.1, 0.15) is 5.60 Å². The number of likely N-dealkylation sites (N-methyl/N-ethyl adjacent to an activating group) is 1. The second-order valence-corrected chi connectivity index (χ2v) is 6.24. The highest BCUT2D eigenvalue weighted by atomic mass is 16.6. The van der Waals surface area contributed by atoms with Crippen LogP contribution in [0.4, 0.5) is 10.5 Å². The molecule has 0 aliphatic rings.